The quantitative estimate of drug-likeness (QED) is 0.227. The molecule has 0 aliphatic carbocycles. The molecule has 4 aromatic carbocycles. The Labute approximate surface area is 216 Å². The summed E-state index contributed by atoms with van der Waals surface area (Å²) in [7, 11) is 0. The largest absolute Gasteiger partial charge is 0.354 e. The van der Waals surface area contributed by atoms with Gasteiger partial charge in [0.2, 0.25) is 0 Å². The second-order valence-electron chi connectivity index (χ2n) is 9.71. The Morgan fingerprint density at radius 3 is 1.34 bits per heavy atom. The molecule has 4 heterocycles. The van der Waals surface area contributed by atoms with Gasteiger partial charge < -0.3 is 20.6 Å². The molecule has 2 aliphatic heterocycles. The highest BCUT2D eigenvalue weighted by atomic mass is 16.2. The fourth-order valence-electron chi connectivity index (χ4n) is 5.63. The summed E-state index contributed by atoms with van der Waals surface area (Å²) in [6, 6.07) is 28.5. The fraction of sp³-hybridized carbons (Fsp3) is 0. The van der Waals surface area contributed by atoms with Gasteiger partial charge in [0.15, 0.2) is 0 Å². The van der Waals surface area contributed by atoms with Gasteiger partial charge >= 0.3 is 0 Å². The summed E-state index contributed by atoms with van der Waals surface area (Å²) in [5.41, 5.74) is 7.93. The van der Waals surface area contributed by atoms with Crippen LogP contribution in [0.5, 0.6) is 0 Å². The number of H-pyrrole nitrogens is 2. The van der Waals surface area contributed by atoms with Crippen molar-refractivity contribution in [2.75, 3.05) is 0 Å². The minimum Gasteiger partial charge on any atom is -0.354 e. The van der Waals surface area contributed by atoms with Crippen LogP contribution in [0.15, 0.2) is 108 Å². The summed E-state index contributed by atoms with van der Waals surface area (Å²) < 4.78 is 0. The van der Waals surface area contributed by atoms with E-state index in [0.29, 0.717) is 22.5 Å². The van der Waals surface area contributed by atoms with Crippen molar-refractivity contribution in [3.63, 3.8) is 0 Å². The number of hydrogen-bond donors (Lipinski definition) is 4. The average molecular weight is 493 g/mol. The van der Waals surface area contributed by atoms with Crippen LogP contribution in [0.1, 0.15) is 11.1 Å². The molecule has 0 atom stereocenters. The van der Waals surface area contributed by atoms with E-state index in [0.717, 1.165) is 54.7 Å². The predicted molar refractivity (Wildman–Crippen MR) is 151 cm³/mol. The van der Waals surface area contributed by atoms with Crippen LogP contribution in [0, 0.1) is 0 Å². The van der Waals surface area contributed by atoms with Crippen LogP contribution in [-0.2, 0) is 9.59 Å². The minimum atomic E-state index is -0.287. The second kappa shape index (κ2) is 7.57. The lowest BCUT2D eigenvalue weighted by atomic mass is 10.0. The van der Waals surface area contributed by atoms with Gasteiger partial charge in [0.1, 0.15) is 0 Å². The Morgan fingerprint density at radius 1 is 0.447 bits per heavy atom. The van der Waals surface area contributed by atoms with Crippen molar-refractivity contribution in [2.45, 2.75) is 0 Å². The lowest BCUT2D eigenvalue weighted by Gasteiger charge is -2.03. The number of benzene rings is 4. The number of hydrogen-bond acceptors (Lipinski definition) is 2. The lowest BCUT2D eigenvalue weighted by molar-refractivity contribution is -0.118. The maximum absolute atomic E-state index is 13.0. The number of fused-ring (bicyclic) bond motifs is 6. The highest BCUT2D eigenvalue weighted by Gasteiger charge is 2.29. The number of carbonyl (C=O) groups is 2. The number of aromatic amines is 2. The molecule has 6 aromatic rings. The third-order valence-electron chi connectivity index (χ3n) is 7.49. The molecule has 4 N–H and O–H groups in total. The van der Waals surface area contributed by atoms with Crippen LogP contribution in [0.3, 0.4) is 0 Å². The number of amides is 2. The minimum absolute atomic E-state index is 0.287. The first-order chi connectivity index (χ1) is 18.6. The van der Waals surface area contributed by atoms with E-state index in [4.69, 9.17) is 0 Å². The maximum Gasteiger partial charge on any atom is 0.256 e. The van der Waals surface area contributed by atoms with Crippen molar-refractivity contribution in [1.82, 2.24) is 20.6 Å². The third-order valence-corrected chi connectivity index (χ3v) is 7.49. The van der Waals surface area contributed by atoms with Gasteiger partial charge in [-0.05, 0) is 36.4 Å². The van der Waals surface area contributed by atoms with E-state index in [-0.39, 0.29) is 11.8 Å². The first-order valence-corrected chi connectivity index (χ1v) is 12.4. The van der Waals surface area contributed by atoms with Crippen LogP contribution in [0.25, 0.3) is 55.0 Å². The first kappa shape index (κ1) is 20.8. The summed E-state index contributed by atoms with van der Waals surface area (Å²) in [4.78, 5) is 32.8. The normalized spacial score (nSPS) is 17.5. The Kier molecular flexibility index (Phi) is 4.14. The number of nitrogens with one attached hydrogen (secondary N) is 4. The van der Waals surface area contributed by atoms with Crippen molar-refractivity contribution >= 4 is 66.8 Å². The molecule has 0 spiro atoms. The summed E-state index contributed by atoms with van der Waals surface area (Å²) in [5, 5.41) is 10.5. The van der Waals surface area contributed by atoms with Crippen molar-refractivity contribution in [2.24, 2.45) is 0 Å². The van der Waals surface area contributed by atoms with Gasteiger partial charge in [-0.3, -0.25) is 9.59 Å². The Balaban J connectivity index is 1.18. The molecule has 6 heteroatoms. The molecule has 0 bridgehead atoms. The molecule has 6 nitrogen and oxygen atoms in total. The zero-order chi connectivity index (χ0) is 25.4. The van der Waals surface area contributed by atoms with Gasteiger partial charge in [0.05, 0.1) is 11.1 Å². The van der Waals surface area contributed by atoms with Crippen LogP contribution in [0.2, 0.25) is 0 Å². The molecule has 0 fully saturated rings. The van der Waals surface area contributed by atoms with Crippen LogP contribution < -0.4 is 10.6 Å². The number of aromatic nitrogens is 2. The smallest absolute Gasteiger partial charge is 0.256 e. The maximum atomic E-state index is 13.0. The van der Waals surface area contributed by atoms with E-state index in [2.05, 4.69) is 44.9 Å². The van der Waals surface area contributed by atoms with E-state index in [9.17, 15) is 9.59 Å². The molecule has 0 saturated carbocycles. The average Bonchev–Trinajstić information content (AvgIpc) is 3.70. The molecule has 8 rings (SSSR count). The molecular weight excluding hydrogens is 472 g/mol. The molecule has 0 saturated heterocycles. The van der Waals surface area contributed by atoms with Gasteiger partial charge in [0.25, 0.3) is 11.8 Å². The molecule has 0 radical (unpaired) electrons. The van der Waals surface area contributed by atoms with Crippen molar-refractivity contribution < 1.29 is 9.59 Å². The van der Waals surface area contributed by atoms with Crippen molar-refractivity contribution in [1.29, 1.82) is 0 Å². The summed E-state index contributed by atoms with van der Waals surface area (Å²) in [6.07, 6.45) is 3.53. The molecule has 2 amide bonds. The lowest BCUT2D eigenvalue weighted by Crippen LogP contribution is -2.20. The fourth-order valence-corrected chi connectivity index (χ4v) is 5.63. The molecule has 180 valence electrons. The number of rotatable bonds is 2. The van der Waals surface area contributed by atoms with Gasteiger partial charge in [-0.15, -0.1) is 0 Å². The van der Waals surface area contributed by atoms with E-state index in [1.807, 2.05) is 60.7 Å². The van der Waals surface area contributed by atoms with Crippen molar-refractivity contribution in [3.05, 3.63) is 119 Å². The third kappa shape index (κ3) is 3.01. The van der Waals surface area contributed by atoms with Crippen LogP contribution >= 0.6 is 0 Å². The molecule has 0 unspecified atom stereocenters. The van der Waals surface area contributed by atoms with E-state index >= 15 is 0 Å². The zero-order valence-corrected chi connectivity index (χ0v) is 20.1. The molecule has 2 aromatic heterocycles. The van der Waals surface area contributed by atoms with E-state index in [1.165, 1.54) is 0 Å². The van der Waals surface area contributed by atoms with Crippen molar-refractivity contribution in [3.8, 4) is 0 Å². The SMILES string of the molecule is O=C1NC(c2ccc3c(c2)[nH]c2ccccc23)=C/C1=C1/C=C(c2ccc3c(c2)[nH]c2ccccc23)NC1=O. The Morgan fingerprint density at radius 2 is 0.868 bits per heavy atom. The second-order valence-corrected chi connectivity index (χ2v) is 9.71. The Hall–Kier alpha value is -5.36. The van der Waals surface area contributed by atoms with E-state index in [1.54, 1.807) is 12.2 Å². The van der Waals surface area contributed by atoms with E-state index < -0.39 is 0 Å². The topological polar surface area (TPSA) is 89.8 Å². The summed E-state index contributed by atoms with van der Waals surface area (Å²) >= 11 is 0. The zero-order valence-electron chi connectivity index (χ0n) is 20.1. The molecular formula is C32H20N4O2. The molecule has 38 heavy (non-hydrogen) atoms. The Bertz CT molecular complexity index is 1970. The van der Waals surface area contributed by atoms with Gasteiger partial charge in [-0.25, -0.2) is 0 Å². The van der Waals surface area contributed by atoms with Crippen LogP contribution in [0.4, 0.5) is 0 Å². The predicted octanol–water partition coefficient (Wildman–Crippen LogP) is 5.89. The highest BCUT2D eigenvalue weighted by molar-refractivity contribution is 6.19. The van der Waals surface area contributed by atoms with Gasteiger partial charge in [-0.1, -0.05) is 60.7 Å². The standard InChI is InChI=1S/C32H20N4O2/c37-31-23(15-27(35-31)17-9-11-21-19-5-1-3-7-25(19)33-29(21)13-17)24-16-28(36-32(24)38)18-10-12-22-20-6-2-4-8-26(20)34-30(22)14-18/h1-16,33-34H,(H,35,37)(H,36,38)/b24-23+. The number of para-hydroxylation sites is 2. The van der Waals surface area contributed by atoms with Gasteiger partial charge in [0, 0.05) is 66.1 Å². The highest BCUT2D eigenvalue weighted by Crippen LogP contribution is 2.33. The summed E-state index contributed by atoms with van der Waals surface area (Å²) in [5.74, 6) is -0.573. The number of carbonyl (C=O) groups excluding carboxylic acids is 2. The first-order valence-electron chi connectivity index (χ1n) is 12.4. The monoisotopic (exact) mass is 492 g/mol. The molecule has 2 aliphatic rings. The summed E-state index contributed by atoms with van der Waals surface area (Å²) in [6.45, 7) is 0. The van der Waals surface area contributed by atoms with Gasteiger partial charge in [-0.2, -0.15) is 0 Å². The van der Waals surface area contributed by atoms with Crippen LogP contribution in [-0.4, -0.2) is 21.8 Å².